The molecule has 1 aliphatic rings. The predicted octanol–water partition coefficient (Wildman–Crippen LogP) is 2.00. The molecule has 1 aromatic carbocycles. The van der Waals surface area contributed by atoms with E-state index in [1.165, 1.54) is 0 Å². The van der Waals surface area contributed by atoms with Crippen LogP contribution in [0.1, 0.15) is 19.8 Å². The normalized spacial score (nSPS) is 21.4. The summed E-state index contributed by atoms with van der Waals surface area (Å²) in [5.41, 5.74) is 0. The average molecular weight is 319 g/mol. The van der Waals surface area contributed by atoms with Crippen LogP contribution in [0.5, 0.6) is 0 Å². The molecule has 1 aromatic heterocycles. The highest BCUT2D eigenvalue weighted by molar-refractivity contribution is 7.89. The molecule has 0 amide bonds. The van der Waals surface area contributed by atoms with Gasteiger partial charge in [-0.3, -0.25) is 4.98 Å². The zero-order valence-corrected chi connectivity index (χ0v) is 13.5. The molecule has 1 saturated heterocycles. The highest BCUT2D eigenvalue weighted by atomic mass is 32.2. The van der Waals surface area contributed by atoms with Gasteiger partial charge in [0, 0.05) is 36.9 Å². The molecule has 0 aliphatic carbocycles. The van der Waals surface area contributed by atoms with Gasteiger partial charge in [0.25, 0.3) is 0 Å². The monoisotopic (exact) mass is 319 g/mol. The molecule has 0 spiro atoms. The largest absolute Gasteiger partial charge is 0.315 e. The maximum Gasteiger partial charge on any atom is 0.243 e. The van der Waals surface area contributed by atoms with Crippen molar-refractivity contribution in [3.63, 3.8) is 0 Å². The SMILES string of the molecule is CC1CCCNCCN1S(=O)(=O)c1ccc2cnccc2c1. The van der Waals surface area contributed by atoms with E-state index in [9.17, 15) is 8.42 Å². The van der Waals surface area contributed by atoms with E-state index in [1.54, 1.807) is 28.8 Å². The lowest BCUT2D eigenvalue weighted by molar-refractivity contribution is 0.297. The summed E-state index contributed by atoms with van der Waals surface area (Å²) in [6.07, 6.45) is 5.30. The maximum absolute atomic E-state index is 13.0. The van der Waals surface area contributed by atoms with Gasteiger partial charge in [-0.05, 0) is 49.9 Å². The molecule has 22 heavy (non-hydrogen) atoms. The first-order valence-corrected chi connectivity index (χ1v) is 9.09. The number of fused-ring (bicyclic) bond motifs is 1. The fourth-order valence-electron chi connectivity index (χ4n) is 2.92. The lowest BCUT2D eigenvalue weighted by Gasteiger charge is -2.30. The topological polar surface area (TPSA) is 62.3 Å². The second-order valence-corrected chi connectivity index (χ2v) is 7.63. The zero-order valence-electron chi connectivity index (χ0n) is 12.7. The molecular formula is C16H21N3O2S. The first-order valence-electron chi connectivity index (χ1n) is 7.65. The van der Waals surface area contributed by atoms with E-state index >= 15 is 0 Å². The summed E-state index contributed by atoms with van der Waals surface area (Å²) in [5, 5.41) is 5.12. The first-order chi connectivity index (χ1) is 10.6. The maximum atomic E-state index is 13.0. The molecule has 1 aliphatic heterocycles. The van der Waals surface area contributed by atoms with Gasteiger partial charge in [-0.25, -0.2) is 8.42 Å². The summed E-state index contributed by atoms with van der Waals surface area (Å²) in [6.45, 7) is 4.16. The molecule has 0 bridgehead atoms. The molecule has 2 aromatic rings. The summed E-state index contributed by atoms with van der Waals surface area (Å²) in [4.78, 5) is 4.42. The van der Waals surface area contributed by atoms with Gasteiger partial charge >= 0.3 is 0 Å². The molecule has 1 fully saturated rings. The summed E-state index contributed by atoms with van der Waals surface area (Å²) < 4.78 is 27.6. The number of pyridine rings is 1. The van der Waals surface area contributed by atoms with Crippen molar-refractivity contribution in [2.24, 2.45) is 0 Å². The number of hydrogen-bond acceptors (Lipinski definition) is 4. The van der Waals surface area contributed by atoms with E-state index in [0.29, 0.717) is 18.0 Å². The molecule has 6 heteroatoms. The molecule has 2 heterocycles. The van der Waals surface area contributed by atoms with Gasteiger partial charge in [-0.15, -0.1) is 0 Å². The summed E-state index contributed by atoms with van der Waals surface area (Å²) in [5.74, 6) is 0. The Bertz CT molecular complexity index is 761. The fraction of sp³-hybridized carbons (Fsp3) is 0.438. The Kier molecular flexibility index (Phi) is 4.42. The van der Waals surface area contributed by atoms with Gasteiger partial charge in [-0.1, -0.05) is 6.07 Å². The Balaban J connectivity index is 1.98. The highest BCUT2D eigenvalue weighted by Crippen LogP contribution is 2.24. The number of benzene rings is 1. The molecule has 1 N–H and O–H groups in total. The van der Waals surface area contributed by atoms with Crippen LogP contribution in [0.2, 0.25) is 0 Å². The van der Waals surface area contributed by atoms with Crippen LogP contribution in [0.3, 0.4) is 0 Å². The van der Waals surface area contributed by atoms with Crippen molar-refractivity contribution in [1.29, 1.82) is 0 Å². The number of rotatable bonds is 2. The standard InChI is InChI=1S/C16H21N3O2S/c1-13-3-2-7-17-9-10-19(13)22(20,21)16-5-4-15-12-18-8-6-14(15)11-16/h4-6,8,11-13,17H,2-3,7,9-10H2,1H3. The van der Waals surface area contributed by atoms with Gasteiger partial charge < -0.3 is 5.32 Å². The number of hydrogen-bond donors (Lipinski definition) is 1. The first kappa shape index (κ1) is 15.4. The van der Waals surface area contributed by atoms with Crippen molar-refractivity contribution >= 4 is 20.8 Å². The second kappa shape index (κ2) is 6.32. The van der Waals surface area contributed by atoms with Crippen LogP contribution in [-0.4, -0.2) is 43.4 Å². The molecule has 1 unspecified atom stereocenters. The van der Waals surface area contributed by atoms with Crippen molar-refractivity contribution < 1.29 is 8.42 Å². The summed E-state index contributed by atoms with van der Waals surface area (Å²) in [6, 6.07) is 7.11. The van der Waals surface area contributed by atoms with Gasteiger partial charge in [0.1, 0.15) is 0 Å². The highest BCUT2D eigenvalue weighted by Gasteiger charge is 2.29. The zero-order chi connectivity index (χ0) is 15.6. The van der Waals surface area contributed by atoms with Crippen LogP contribution in [-0.2, 0) is 10.0 Å². The van der Waals surface area contributed by atoms with E-state index in [2.05, 4.69) is 10.3 Å². The van der Waals surface area contributed by atoms with Gasteiger partial charge in [0.05, 0.1) is 4.90 Å². The molecule has 0 saturated carbocycles. The van der Waals surface area contributed by atoms with Gasteiger partial charge in [0.15, 0.2) is 0 Å². The fourth-order valence-corrected chi connectivity index (χ4v) is 4.61. The smallest absolute Gasteiger partial charge is 0.243 e. The third-order valence-corrected chi connectivity index (χ3v) is 6.20. The predicted molar refractivity (Wildman–Crippen MR) is 87.2 cm³/mol. The van der Waals surface area contributed by atoms with Crippen LogP contribution >= 0.6 is 0 Å². The Morgan fingerprint density at radius 2 is 2.09 bits per heavy atom. The molecule has 1 atom stereocenters. The quantitative estimate of drug-likeness (QED) is 0.919. The Hall–Kier alpha value is -1.50. The van der Waals surface area contributed by atoms with Crippen LogP contribution in [0.15, 0.2) is 41.6 Å². The molecule has 3 rings (SSSR count). The lowest BCUT2D eigenvalue weighted by Crippen LogP contribution is -2.44. The van der Waals surface area contributed by atoms with Gasteiger partial charge in [0.2, 0.25) is 10.0 Å². The molecular weight excluding hydrogens is 298 g/mol. The minimum absolute atomic E-state index is 0.0280. The minimum atomic E-state index is -3.47. The second-order valence-electron chi connectivity index (χ2n) is 5.74. The van der Waals surface area contributed by atoms with E-state index in [0.717, 1.165) is 30.2 Å². The number of nitrogens with zero attached hydrogens (tertiary/aromatic N) is 2. The van der Waals surface area contributed by atoms with Crippen LogP contribution in [0.4, 0.5) is 0 Å². The minimum Gasteiger partial charge on any atom is -0.315 e. The third kappa shape index (κ3) is 2.99. The number of nitrogens with one attached hydrogen (secondary N) is 1. The molecule has 118 valence electrons. The summed E-state index contributed by atoms with van der Waals surface area (Å²) >= 11 is 0. The van der Waals surface area contributed by atoms with Crippen LogP contribution < -0.4 is 5.32 Å². The summed E-state index contributed by atoms with van der Waals surface area (Å²) in [7, 11) is -3.47. The number of sulfonamides is 1. The van der Waals surface area contributed by atoms with E-state index < -0.39 is 10.0 Å². The Morgan fingerprint density at radius 1 is 1.23 bits per heavy atom. The van der Waals surface area contributed by atoms with Crippen LogP contribution in [0, 0.1) is 0 Å². The van der Waals surface area contributed by atoms with Crippen molar-refractivity contribution in [2.75, 3.05) is 19.6 Å². The van der Waals surface area contributed by atoms with E-state index in [1.807, 2.05) is 19.1 Å². The van der Waals surface area contributed by atoms with Gasteiger partial charge in [-0.2, -0.15) is 4.31 Å². The van der Waals surface area contributed by atoms with Crippen molar-refractivity contribution in [3.8, 4) is 0 Å². The Labute approximate surface area is 131 Å². The lowest BCUT2D eigenvalue weighted by atomic mass is 10.1. The van der Waals surface area contributed by atoms with E-state index in [-0.39, 0.29) is 6.04 Å². The van der Waals surface area contributed by atoms with Crippen LogP contribution in [0.25, 0.3) is 10.8 Å². The average Bonchev–Trinajstić information content (AvgIpc) is 2.50. The van der Waals surface area contributed by atoms with Crippen molar-refractivity contribution in [1.82, 2.24) is 14.6 Å². The van der Waals surface area contributed by atoms with Crippen molar-refractivity contribution in [2.45, 2.75) is 30.7 Å². The molecule has 0 radical (unpaired) electrons. The Morgan fingerprint density at radius 3 is 2.95 bits per heavy atom. The third-order valence-electron chi connectivity index (χ3n) is 4.19. The number of aromatic nitrogens is 1. The van der Waals surface area contributed by atoms with Crippen molar-refractivity contribution in [3.05, 3.63) is 36.7 Å². The molecule has 5 nitrogen and oxygen atoms in total. The van der Waals surface area contributed by atoms with E-state index in [4.69, 9.17) is 0 Å².